The molecule has 1 aliphatic heterocycles. The highest BCUT2D eigenvalue weighted by atomic mass is 16.3. The summed E-state index contributed by atoms with van der Waals surface area (Å²) in [5, 5.41) is 20.7. The standard InChI is InChI=1S/C16H27N3O2/c1-5-8-18-9-10-19(16(4,21)12-18)14-7-6-13(11-17-14)15(2,3)20/h6-7,11,20-21H,5,8-10,12H2,1-4H3. The molecule has 118 valence electrons. The van der Waals surface area contributed by atoms with E-state index in [9.17, 15) is 10.2 Å². The van der Waals surface area contributed by atoms with Crippen molar-refractivity contribution >= 4 is 5.82 Å². The van der Waals surface area contributed by atoms with E-state index in [1.807, 2.05) is 24.0 Å². The van der Waals surface area contributed by atoms with Gasteiger partial charge in [-0.3, -0.25) is 4.90 Å². The van der Waals surface area contributed by atoms with Crippen molar-refractivity contribution in [2.45, 2.75) is 45.4 Å². The summed E-state index contributed by atoms with van der Waals surface area (Å²) in [6.07, 6.45) is 2.78. The Morgan fingerprint density at radius 3 is 2.52 bits per heavy atom. The summed E-state index contributed by atoms with van der Waals surface area (Å²) in [6, 6.07) is 3.74. The molecule has 0 saturated carbocycles. The van der Waals surface area contributed by atoms with Crippen LogP contribution in [0.2, 0.25) is 0 Å². The second kappa shape index (κ2) is 5.91. The Bertz CT molecular complexity index is 465. The van der Waals surface area contributed by atoms with Crippen LogP contribution < -0.4 is 4.90 Å². The van der Waals surface area contributed by atoms with Crippen LogP contribution in [0.5, 0.6) is 0 Å². The first-order valence-corrected chi connectivity index (χ1v) is 7.65. The molecular weight excluding hydrogens is 266 g/mol. The number of aromatic nitrogens is 1. The van der Waals surface area contributed by atoms with E-state index in [4.69, 9.17) is 0 Å². The van der Waals surface area contributed by atoms with Crippen molar-refractivity contribution < 1.29 is 10.2 Å². The SMILES string of the molecule is CCCN1CCN(c2ccc(C(C)(C)O)cn2)C(C)(O)C1. The first-order chi connectivity index (χ1) is 9.74. The predicted octanol–water partition coefficient (Wildman–Crippen LogP) is 1.55. The number of anilines is 1. The van der Waals surface area contributed by atoms with E-state index in [2.05, 4.69) is 16.8 Å². The Morgan fingerprint density at radius 2 is 2.05 bits per heavy atom. The van der Waals surface area contributed by atoms with Gasteiger partial charge in [0.05, 0.1) is 5.60 Å². The maximum Gasteiger partial charge on any atom is 0.149 e. The van der Waals surface area contributed by atoms with Crippen molar-refractivity contribution in [2.75, 3.05) is 31.1 Å². The van der Waals surface area contributed by atoms with Crippen LogP contribution in [-0.2, 0) is 5.60 Å². The molecule has 5 heteroatoms. The molecular formula is C16H27N3O2. The lowest BCUT2D eigenvalue weighted by Crippen LogP contribution is -2.61. The Labute approximate surface area is 127 Å². The second-order valence-electron chi connectivity index (χ2n) is 6.61. The molecule has 1 aromatic heterocycles. The number of hydrogen-bond acceptors (Lipinski definition) is 5. The Balaban J connectivity index is 2.15. The van der Waals surface area contributed by atoms with Crippen molar-refractivity contribution in [3.05, 3.63) is 23.9 Å². The minimum Gasteiger partial charge on any atom is -0.386 e. The van der Waals surface area contributed by atoms with Crippen molar-refractivity contribution in [3.8, 4) is 0 Å². The normalized spacial score (nSPS) is 24.4. The van der Waals surface area contributed by atoms with Gasteiger partial charge in [-0.2, -0.15) is 0 Å². The van der Waals surface area contributed by atoms with Gasteiger partial charge >= 0.3 is 0 Å². The third-order valence-corrected chi connectivity index (χ3v) is 4.02. The average Bonchev–Trinajstić information content (AvgIpc) is 2.37. The fourth-order valence-electron chi connectivity index (χ4n) is 2.85. The van der Waals surface area contributed by atoms with Crippen LogP contribution in [-0.4, -0.2) is 52.0 Å². The van der Waals surface area contributed by atoms with E-state index in [0.29, 0.717) is 6.54 Å². The molecule has 21 heavy (non-hydrogen) atoms. The molecule has 0 aromatic carbocycles. The summed E-state index contributed by atoms with van der Waals surface area (Å²) in [4.78, 5) is 8.64. The molecule has 1 atom stereocenters. The molecule has 1 aromatic rings. The van der Waals surface area contributed by atoms with Gasteiger partial charge in [0.1, 0.15) is 11.5 Å². The number of piperazine rings is 1. The van der Waals surface area contributed by atoms with Crippen LogP contribution in [0.15, 0.2) is 18.3 Å². The topological polar surface area (TPSA) is 59.8 Å². The van der Waals surface area contributed by atoms with Gasteiger partial charge in [-0.05, 0) is 39.8 Å². The van der Waals surface area contributed by atoms with Crippen LogP contribution in [0.1, 0.15) is 39.7 Å². The second-order valence-corrected chi connectivity index (χ2v) is 6.61. The zero-order chi connectivity index (χ0) is 15.7. The number of hydrogen-bond donors (Lipinski definition) is 2. The highest BCUT2D eigenvalue weighted by molar-refractivity contribution is 5.43. The first-order valence-electron chi connectivity index (χ1n) is 7.65. The first kappa shape index (κ1) is 16.2. The van der Waals surface area contributed by atoms with E-state index in [0.717, 1.165) is 37.4 Å². The molecule has 0 radical (unpaired) electrons. The molecule has 1 saturated heterocycles. The van der Waals surface area contributed by atoms with Gasteiger partial charge < -0.3 is 15.1 Å². The van der Waals surface area contributed by atoms with Gasteiger partial charge in [-0.25, -0.2) is 4.98 Å². The number of pyridine rings is 1. The molecule has 1 unspecified atom stereocenters. The average molecular weight is 293 g/mol. The molecule has 0 spiro atoms. The molecule has 0 amide bonds. The lowest BCUT2D eigenvalue weighted by Gasteiger charge is -2.46. The van der Waals surface area contributed by atoms with Gasteiger partial charge in [0.25, 0.3) is 0 Å². The molecule has 2 N–H and O–H groups in total. The zero-order valence-corrected chi connectivity index (χ0v) is 13.5. The van der Waals surface area contributed by atoms with E-state index in [-0.39, 0.29) is 0 Å². The summed E-state index contributed by atoms with van der Waals surface area (Å²) in [6.45, 7) is 10.8. The minimum absolute atomic E-state index is 0.621. The lowest BCUT2D eigenvalue weighted by molar-refractivity contribution is -0.00584. The van der Waals surface area contributed by atoms with E-state index in [1.54, 1.807) is 20.0 Å². The Hall–Kier alpha value is -1.17. The third kappa shape index (κ3) is 3.73. The van der Waals surface area contributed by atoms with Crippen molar-refractivity contribution in [2.24, 2.45) is 0 Å². The fraction of sp³-hybridized carbons (Fsp3) is 0.688. The summed E-state index contributed by atoms with van der Waals surface area (Å²) < 4.78 is 0. The van der Waals surface area contributed by atoms with E-state index < -0.39 is 11.3 Å². The molecule has 5 nitrogen and oxygen atoms in total. The highest BCUT2D eigenvalue weighted by Crippen LogP contribution is 2.27. The Kier molecular flexibility index (Phi) is 4.56. The van der Waals surface area contributed by atoms with Crippen molar-refractivity contribution in [1.29, 1.82) is 0 Å². The van der Waals surface area contributed by atoms with Gasteiger partial charge in [0.15, 0.2) is 0 Å². The molecule has 0 bridgehead atoms. The molecule has 1 fully saturated rings. The van der Waals surface area contributed by atoms with Crippen molar-refractivity contribution in [3.63, 3.8) is 0 Å². The summed E-state index contributed by atoms with van der Waals surface area (Å²) in [5.74, 6) is 0.754. The predicted molar refractivity (Wildman–Crippen MR) is 84.2 cm³/mol. The quantitative estimate of drug-likeness (QED) is 0.882. The van der Waals surface area contributed by atoms with Gasteiger partial charge in [-0.15, -0.1) is 0 Å². The van der Waals surface area contributed by atoms with Gasteiger partial charge in [0, 0.05) is 31.4 Å². The highest BCUT2D eigenvalue weighted by Gasteiger charge is 2.36. The molecule has 2 rings (SSSR count). The monoisotopic (exact) mass is 293 g/mol. The summed E-state index contributed by atoms with van der Waals surface area (Å²) in [5.41, 5.74) is -1.04. The smallest absolute Gasteiger partial charge is 0.149 e. The van der Waals surface area contributed by atoms with E-state index >= 15 is 0 Å². The van der Waals surface area contributed by atoms with Gasteiger partial charge in [0.2, 0.25) is 0 Å². The largest absolute Gasteiger partial charge is 0.386 e. The third-order valence-electron chi connectivity index (χ3n) is 4.02. The van der Waals surface area contributed by atoms with Crippen LogP contribution in [0.4, 0.5) is 5.82 Å². The Morgan fingerprint density at radius 1 is 1.33 bits per heavy atom. The van der Waals surface area contributed by atoms with Crippen LogP contribution in [0.25, 0.3) is 0 Å². The van der Waals surface area contributed by atoms with E-state index in [1.165, 1.54) is 0 Å². The van der Waals surface area contributed by atoms with Crippen LogP contribution >= 0.6 is 0 Å². The number of β-amino-alcohol motifs (C(OH)–C–C–N with tert-alkyl or cyclic N) is 1. The fourth-order valence-corrected chi connectivity index (χ4v) is 2.85. The van der Waals surface area contributed by atoms with Crippen LogP contribution in [0.3, 0.4) is 0 Å². The minimum atomic E-state index is -0.920. The zero-order valence-electron chi connectivity index (χ0n) is 13.5. The maximum absolute atomic E-state index is 10.7. The number of rotatable bonds is 4. The maximum atomic E-state index is 10.7. The summed E-state index contributed by atoms with van der Waals surface area (Å²) >= 11 is 0. The number of aliphatic hydroxyl groups is 2. The van der Waals surface area contributed by atoms with Gasteiger partial charge in [-0.1, -0.05) is 13.0 Å². The molecule has 1 aliphatic rings. The lowest BCUT2D eigenvalue weighted by atomic mass is 10.0. The number of nitrogens with zero attached hydrogens (tertiary/aromatic N) is 3. The van der Waals surface area contributed by atoms with Crippen molar-refractivity contribution in [1.82, 2.24) is 9.88 Å². The van der Waals surface area contributed by atoms with Crippen LogP contribution in [0, 0.1) is 0 Å². The molecule has 2 heterocycles. The summed E-state index contributed by atoms with van der Waals surface area (Å²) in [7, 11) is 0. The molecule has 0 aliphatic carbocycles.